The Balaban J connectivity index is 1.86. The van der Waals surface area contributed by atoms with Gasteiger partial charge in [-0.05, 0) is 6.42 Å². The number of unbranched alkanes of at least 4 members (excludes halogenated alkanes) is 9. The Morgan fingerprint density at radius 2 is 1.03 bits per heavy atom. The molecule has 1 aliphatic carbocycles. The molecule has 208 valence electrons. The fraction of sp³-hybridized carbons (Fsp3) is 0.462. The van der Waals surface area contributed by atoms with E-state index in [2.05, 4.69) is 6.92 Å². The fourth-order valence-corrected chi connectivity index (χ4v) is 4.76. The molecule has 13 heteroatoms. The highest BCUT2D eigenvalue weighted by Crippen LogP contribution is 2.54. The summed E-state index contributed by atoms with van der Waals surface area (Å²) in [5.41, 5.74) is -3.02. The summed E-state index contributed by atoms with van der Waals surface area (Å²) in [4.78, 5) is 43.3. The zero-order valence-electron chi connectivity index (χ0n) is 21.6. The molecule has 0 amide bonds. The quantitative estimate of drug-likeness (QED) is 0.0760. The SMILES string of the molecule is CCCCCCCCCCCCOC=C1c2cc([N+](=O)[O-])cc([N+](=O)[O-])c2-c2c1cc([N+](=O)[O-])cc2[N+](=O)[O-]. The van der Waals surface area contributed by atoms with E-state index in [4.69, 9.17) is 4.74 Å². The fourth-order valence-electron chi connectivity index (χ4n) is 4.76. The molecule has 0 atom stereocenters. The van der Waals surface area contributed by atoms with E-state index in [-0.39, 0.29) is 34.4 Å². The Bertz CT molecular complexity index is 1220. The normalized spacial score (nSPS) is 11.6. The first-order chi connectivity index (χ1) is 18.7. The number of benzene rings is 2. The molecule has 2 aromatic rings. The van der Waals surface area contributed by atoms with Crippen molar-refractivity contribution in [2.24, 2.45) is 0 Å². The van der Waals surface area contributed by atoms with E-state index in [1.807, 2.05) is 0 Å². The second-order valence-electron chi connectivity index (χ2n) is 9.39. The maximum atomic E-state index is 11.8. The van der Waals surface area contributed by atoms with Crippen LogP contribution in [0.4, 0.5) is 22.7 Å². The zero-order chi connectivity index (χ0) is 28.5. The standard InChI is InChI=1S/C26H30N4O9/c1-2-3-4-5-6-7-8-9-10-11-12-39-17-22-20-13-18(27(31)32)15-23(29(35)36)25(20)26-21(22)14-19(28(33)34)16-24(26)30(37)38/h13-17H,2-12H2,1H3. The van der Waals surface area contributed by atoms with Crippen LogP contribution in [0.5, 0.6) is 0 Å². The van der Waals surface area contributed by atoms with Crippen LogP contribution in [0.15, 0.2) is 30.5 Å². The second kappa shape index (κ2) is 13.4. The summed E-state index contributed by atoms with van der Waals surface area (Å²) in [6, 6.07) is 3.57. The molecule has 1 aliphatic rings. The van der Waals surface area contributed by atoms with Crippen molar-refractivity contribution in [1.82, 2.24) is 0 Å². The number of rotatable bonds is 16. The summed E-state index contributed by atoms with van der Waals surface area (Å²) >= 11 is 0. The van der Waals surface area contributed by atoms with Gasteiger partial charge in [0.15, 0.2) is 0 Å². The number of nitrogens with zero attached hydrogens (tertiary/aromatic N) is 4. The third-order valence-electron chi connectivity index (χ3n) is 6.67. The molecule has 0 aliphatic heterocycles. The van der Waals surface area contributed by atoms with E-state index in [0.29, 0.717) is 6.42 Å². The van der Waals surface area contributed by atoms with Gasteiger partial charge in [-0.2, -0.15) is 0 Å². The average Bonchev–Trinajstić information content (AvgIpc) is 3.21. The Morgan fingerprint density at radius 1 is 0.615 bits per heavy atom. The lowest BCUT2D eigenvalue weighted by atomic mass is 10.0. The molecule has 0 fully saturated rings. The minimum atomic E-state index is -0.867. The van der Waals surface area contributed by atoms with Gasteiger partial charge in [0.05, 0.1) is 55.8 Å². The van der Waals surface area contributed by atoms with Crippen LogP contribution < -0.4 is 0 Å². The lowest BCUT2D eigenvalue weighted by Gasteiger charge is -2.06. The van der Waals surface area contributed by atoms with Crippen molar-refractivity contribution < 1.29 is 24.4 Å². The minimum Gasteiger partial charge on any atom is -0.501 e. The van der Waals surface area contributed by atoms with Crippen LogP contribution in [0.3, 0.4) is 0 Å². The molecule has 39 heavy (non-hydrogen) atoms. The number of fused-ring (bicyclic) bond motifs is 3. The summed E-state index contributed by atoms with van der Waals surface area (Å²) in [7, 11) is 0. The van der Waals surface area contributed by atoms with Gasteiger partial charge < -0.3 is 4.74 Å². The summed E-state index contributed by atoms with van der Waals surface area (Å²) in [6.45, 7) is 2.46. The Hall–Kier alpha value is -4.42. The van der Waals surface area contributed by atoms with Gasteiger partial charge in [0, 0.05) is 28.8 Å². The van der Waals surface area contributed by atoms with Gasteiger partial charge in [-0.25, -0.2) is 0 Å². The Labute approximate surface area is 224 Å². The van der Waals surface area contributed by atoms with Gasteiger partial charge in [-0.3, -0.25) is 40.5 Å². The van der Waals surface area contributed by atoms with E-state index >= 15 is 0 Å². The molecule has 13 nitrogen and oxygen atoms in total. The average molecular weight is 543 g/mol. The van der Waals surface area contributed by atoms with Crippen molar-refractivity contribution in [3.05, 3.63) is 82.1 Å². The van der Waals surface area contributed by atoms with Crippen molar-refractivity contribution in [1.29, 1.82) is 0 Å². The predicted molar refractivity (Wildman–Crippen MR) is 143 cm³/mol. The highest BCUT2D eigenvalue weighted by atomic mass is 16.6. The molecule has 0 N–H and O–H groups in total. The summed E-state index contributed by atoms with van der Waals surface area (Å²) in [6.07, 6.45) is 12.4. The number of nitro groups is 4. The highest BCUT2D eigenvalue weighted by Gasteiger charge is 2.40. The molecule has 0 saturated heterocycles. The third-order valence-corrected chi connectivity index (χ3v) is 6.67. The van der Waals surface area contributed by atoms with Gasteiger partial charge in [-0.15, -0.1) is 0 Å². The van der Waals surface area contributed by atoms with Gasteiger partial charge in [0.1, 0.15) is 0 Å². The number of non-ortho nitro benzene ring substituents is 2. The summed E-state index contributed by atoms with van der Waals surface area (Å²) < 4.78 is 5.66. The molecule has 3 rings (SSSR count). The molecule has 0 unspecified atom stereocenters. The lowest BCUT2D eigenvalue weighted by molar-refractivity contribution is -0.395. The van der Waals surface area contributed by atoms with Gasteiger partial charge in [-0.1, -0.05) is 64.7 Å². The molecule has 0 bridgehead atoms. The molecule has 0 saturated carbocycles. The maximum absolute atomic E-state index is 11.8. The Morgan fingerprint density at radius 3 is 1.41 bits per heavy atom. The summed E-state index contributed by atoms with van der Waals surface area (Å²) in [5.74, 6) is 0. The monoisotopic (exact) mass is 542 g/mol. The number of ether oxygens (including phenoxy) is 1. The van der Waals surface area contributed by atoms with E-state index < -0.39 is 42.4 Å². The van der Waals surface area contributed by atoms with Crippen LogP contribution >= 0.6 is 0 Å². The molecular weight excluding hydrogens is 512 g/mol. The van der Waals surface area contributed by atoms with Crippen LogP contribution in [0.1, 0.15) is 82.3 Å². The van der Waals surface area contributed by atoms with E-state index in [1.165, 1.54) is 44.8 Å². The van der Waals surface area contributed by atoms with Gasteiger partial charge in [0.2, 0.25) is 0 Å². The minimum absolute atomic E-state index is 0.0300. The van der Waals surface area contributed by atoms with Crippen molar-refractivity contribution in [2.45, 2.75) is 71.1 Å². The molecule has 2 aromatic carbocycles. The Kier molecular flexibility index (Phi) is 10.0. The van der Waals surface area contributed by atoms with Gasteiger partial charge >= 0.3 is 0 Å². The van der Waals surface area contributed by atoms with Crippen molar-refractivity contribution in [3.63, 3.8) is 0 Å². The number of hydrogen-bond acceptors (Lipinski definition) is 9. The molecule has 0 radical (unpaired) electrons. The molecule has 0 aromatic heterocycles. The topological polar surface area (TPSA) is 182 Å². The van der Waals surface area contributed by atoms with E-state index in [9.17, 15) is 40.5 Å². The van der Waals surface area contributed by atoms with Crippen LogP contribution in [0, 0.1) is 40.5 Å². The molecule has 0 heterocycles. The molecular formula is C26H30N4O9. The summed E-state index contributed by atoms with van der Waals surface area (Å²) in [5, 5.41) is 46.6. The first-order valence-corrected chi connectivity index (χ1v) is 12.9. The van der Waals surface area contributed by atoms with Crippen molar-refractivity contribution in [2.75, 3.05) is 6.61 Å². The highest BCUT2D eigenvalue weighted by molar-refractivity contribution is 6.08. The predicted octanol–water partition coefficient (Wildman–Crippen LogP) is 7.63. The van der Waals surface area contributed by atoms with Crippen LogP contribution in [0.25, 0.3) is 16.7 Å². The third kappa shape index (κ3) is 6.92. The largest absolute Gasteiger partial charge is 0.501 e. The van der Waals surface area contributed by atoms with E-state index in [1.54, 1.807) is 0 Å². The first-order valence-electron chi connectivity index (χ1n) is 12.9. The molecule has 0 spiro atoms. The second-order valence-corrected chi connectivity index (χ2v) is 9.39. The van der Waals surface area contributed by atoms with Crippen molar-refractivity contribution in [3.8, 4) is 11.1 Å². The van der Waals surface area contributed by atoms with Crippen molar-refractivity contribution >= 4 is 28.3 Å². The first kappa shape index (κ1) is 29.1. The van der Waals surface area contributed by atoms with Gasteiger partial charge in [0.25, 0.3) is 22.7 Å². The maximum Gasteiger partial charge on any atom is 0.284 e. The zero-order valence-corrected chi connectivity index (χ0v) is 21.6. The number of hydrogen-bond donors (Lipinski definition) is 0. The van der Waals surface area contributed by atoms with E-state index in [0.717, 1.165) is 43.5 Å². The smallest absolute Gasteiger partial charge is 0.284 e. The van der Waals surface area contributed by atoms with Crippen LogP contribution in [-0.4, -0.2) is 26.3 Å². The lowest BCUT2D eigenvalue weighted by Crippen LogP contribution is -1.99. The number of nitro benzene ring substituents is 4. The van der Waals surface area contributed by atoms with Crippen LogP contribution in [0.2, 0.25) is 0 Å². The van der Waals surface area contributed by atoms with Crippen LogP contribution in [-0.2, 0) is 4.74 Å².